The first-order valence-corrected chi connectivity index (χ1v) is 6.87. The number of morpholine rings is 1. The Morgan fingerprint density at radius 2 is 2.20 bits per heavy atom. The fourth-order valence-electron chi connectivity index (χ4n) is 2.45. The van der Waals surface area contributed by atoms with E-state index in [-0.39, 0.29) is 0 Å². The first-order valence-electron chi connectivity index (χ1n) is 6.87. The molecule has 112 valence electrons. The van der Waals surface area contributed by atoms with Crippen LogP contribution in [0.4, 0.5) is 0 Å². The number of ether oxygens (including phenoxy) is 3. The summed E-state index contributed by atoms with van der Waals surface area (Å²) in [5.74, 6) is 1.37. The molecule has 1 aliphatic heterocycles. The summed E-state index contributed by atoms with van der Waals surface area (Å²) < 4.78 is 15.9. The van der Waals surface area contributed by atoms with Crippen molar-refractivity contribution in [1.29, 1.82) is 0 Å². The SMILES string of the molecule is COc1ccc(C(O)CN2CCOCC2C)c(OC)c1. The van der Waals surface area contributed by atoms with Crippen LogP contribution in [0.25, 0.3) is 0 Å². The maximum absolute atomic E-state index is 10.5. The fourth-order valence-corrected chi connectivity index (χ4v) is 2.45. The van der Waals surface area contributed by atoms with Gasteiger partial charge in [-0.05, 0) is 19.1 Å². The third-order valence-corrected chi connectivity index (χ3v) is 3.71. The molecule has 1 heterocycles. The smallest absolute Gasteiger partial charge is 0.128 e. The lowest BCUT2D eigenvalue weighted by molar-refractivity contribution is -0.0205. The van der Waals surface area contributed by atoms with Crippen molar-refractivity contribution in [3.63, 3.8) is 0 Å². The molecule has 2 unspecified atom stereocenters. The monoisotopic (exact) mass is 281 g/mol. The topological polar surface area (TPSA) is 51.2 Å². The summed E-state index contributed by atoms with van der Waals surface area (Å²) in [5, 5.41) is 10.5. The van der Waals surface area contributed by atoms with Crippen LogP contribution >= 0.6 is 0 Å². The van der Waals surface area contributed by atoms with Crippen LogP contribution < -0.4 is 9.47 Å². The van der Waals surface area contributed by atoms with Crippen LogP contribution in [0.15, 0.2) is 18.2 Å². The third kappa shape index (κ3) is 3.42. The van der Waals surface area contributed by atoms with Crippen molar-refractivity contribution >= 4 is 0 Å². The van der Waals surface area contributed by atoms with E-state index in [0.717, 1.165) is 24.5 Å². The van der Waals surface area contributed by atoms with Crippen molar-refractivity contribution in [1.82, 2.24) is 4.90 Å². The van der Waals surface area contributed by atoms with Crippen molar-refractivity contribution in [2.75, 3.05) is 40.5 Å². The zero-order valence-electron chi connectivity index (χ0n) is 12.3. The highest BCUT2D eigenvalue weighted by Crippen LogP contribution is 2.30. The Morgan fingerprint density at radius 1 is 1.40 bits per heavy atom. The summed E-state index contributed by atoms with van der Waals surface area (Å²) in [5.41, 5.74) is 0.784. The molecule has 0 radical (unpaired) electrons. The van der Waals surface area contributed by atoms with E-state index in [2.05, 4.69) is 11.8 Å². The fraction of sp³-hybridized carbons (Fsp3) is 0.600. The number of nitrogens with zero attached hydrogens (tertiary/aromatic N) is 1. The second kappa shape index (κ2) is 6.92. The van der Waals surface area contributed by atoms with Gasteiger partial charge >= 0.3 is 0 Å². The predicted octanol–water partition coefficient (Wildman–Crippen LogP) is 1.46. The lowest BCUT2D eigenvalue weighted by atomic mass is 10.1. The molecule has 1 fully saturated rings. The first kappa shape index (κ1) is 15.1. The highest BCUT2D eigenvalue weighted by Gasteiger charge is 2.23. The standard InChI is InChI=1S/C15H23NO4/c1-11-10-20-7-6-16(11)9-14(17)13-5-4-12(18-2)8-15(13)19-3/h4-5,8,11,14,17H,6-7,9-10H2,1-3H3. The molecule has 2 rings (SSSR count). The van der Waals surface area contributed by atoms with Gasteiger partial charge < -0.3 is 19.3 Å². The average molecular weight is 281 g/mol. The van der Waals surface area contributed by atoms with Crippen molar-refractivity contribution in [3.05, 3.63) is 23.8 Å². The minimum atomic E-state index is -0.587. The highest BCUT2D eigenvalue weighted by atomic mass is 16.5. The van der Waals surface area contributed by atoms with Crippen LogP contribution in [0.1, 0.15) is 18.6 Å². The minimum absolute atomic E-state index is 0.322. The van der Waals surface area contributed by atoms with Gasteiger partial charge in [0.1, 0.15) is 11.5 Å². The Labute approximate surface area is 120 Å². The number of β-amino-alcohol motifs (C(OH)–C–C–N with tert-alkyl or cyclic N) is 1. The Balaban J connectivity index is 2.09. The molecule has 1 N–H and O–H groups in total. The summed E-state index contributed by atoms with van der Waals surface area (Å²) in [6.45, 7) is 4.96. The molecule has 1 aliphatic rings. The minimum Gasteiger partial charge on any atom is -0.497 e. The van der Waals surface area contributed by atoms with Crippen LogP contribution in [-0.2, 0) is 4.74 Å². The molecule has 5 nitrogen and oxygen atoms in total. The van der Waals surface area contributed by atoms with Gasteiger partial charge in [-0.2, -0.15) is 0 Å². The van der Waals surface area contributed by atoms with Gasteiger partial charge in [0.25, 0.3) is 0 Å². The molecule has 20 heavy (non-hydrogen) atoms. The van der Waals surface area contributed by atoms with E-state index >= 15 is 0 Å². The van der Waals surface area contributed by atoms with Gasteiger partial charge in [0.2, 0.25) is 0 Å². The van der Waals surface area contributed by atoms with Gasteiger partial charge in [0.05, 0.1) is 33.5 Å². The Kier molecular flexibility index (Phi) is 5.23. The molecular weight excluding hydrogens is 258 g/mol. The van der Waals surface area contributed by atoms with Gasteiger partial charge in [-0.1, -0.05) is 0 Å². The second-order valence-corrected chi connectivity index (χ2v) is 5.04. The quantitative estimate of drug-likeness (QED) is 0.885. The number of hydrogen-bond acceptors (Lipinski definition) is 5. The van der Waals surface area contributed by atoms with E-state index in [0.29, 0.717) is 24.9 Å². The molecule has 1 aromatic rings. The van der Waals surface area contributed by atoms with Crippen LogP contribution in [0.5, 0.6) is 11.5 Å². The van der Waals surface area contributed by atoms with Crippen molar-refractivity contribution in [3.8, 4) is 11.5 Å². The molecule has 0 aliphatic carbocycles. The lowest BCUT2D eigenvalue weighted by Gasteiger charge is -2.34. The summed E-state index contributed by atoms with van der Waals surface area (Å²) in [6.07, 6.45) is -0.587. The normalized spacial score (nSPS) is 21.5. The maximum Gasteiger partial charge on any atom is 0.128 e. The first-order chi connectivity index (χ1) is 9.65. The zero-order valence-corrected chi connectivity index (χ0v) is 12.3. The summed E-state index contributed by atoms with van der Waals surface area (Å²) in [4.78, 5) is 2.23. The van der Waals surface area contributed by atoms with Crippen LogP contribution in [0, 0.1) is 0 Å². The maximum atomic E-state index is 10.5. The van der Waals surface area contributed by atoms with Crippen molar-refractivity contribution in [2.45, 2.75) is 19.1 Å². The van der Waals surface area contributed by atoms with E-state index in [4.69, 9.17) is 14.2 Å². The van der Waals surface area contributed by atoms with Crippen LogP contribution in [-0.4, -0.2) is 56.6 Å². The molecule has 1 saturated heterocycles. The van der Waals surface area contributed by atoms with E-state index in [9.17, 15) is 5.11 Å². The highest BCUT2D eigenvalue weighted by molar-refractivity contribution is 5.42. The largest absolute Gasteiger partial charge is 0.497 e. The molecule has 0 saturated carbocycles. The average Bonchev–Trinajstić information content (AvgIpc) is 2.48. The Morgan fingerprint density at radius 3 is 2.85 bits per heavy atom. The number of rotatable bonds is 5. The third-order valence-electron chi connectivity index (χ3n) is 3.71. The van der Waals surface area contributed by atoms with Gasteiger partial charge in [-0.3, -0.25) is 4.90 Å². The summed E-state index contributed by atoms with van der Waals surface area (Å²) >= 11 is 0. The van der Waals surface area contributed by atoms with Crippen LogP contribution in [0.3, 0.4) is 0 Å². The molecule has 0 spiro atoms. The molecule has 1 aromatic carbocycles. The molecule has 0 aromatic heterocycles. The van der Waals surface area contributed by atoms with Gasteiger partial charge in [-0.15, -0.1) is 0 Å². The Hall–Kier alpha value is -1.30. The molecule has 0 amide bonds. The number of methoxy groups -OCH3 is 2. The number of hydrogen-bond donors (Lipinski definition) is 1. The molecule has 5 heteroatoms. The number of aliphatic hydroxyl groups is 1. The second-order valence-electron chi connectivity index (χ2n) is 5.04. The summed E-state index contributed by atoms with van der Waals surface area (Å²) in [7, 11) is 3.21. The van der Waals surface area contributed by atoms with Gasteiger partial charge in [-0.25, -0.2) is 0 Å². The van der Waals surface area contributed by atoms with Crippen molar-refractivity contribution in [2.24, 2.45) is 0 Å². The summed E-state index contributed by atoms with van der Waals surface area (Å²) in [6, 6.07) is 5.81. The number of aliphatic hydroxyl groups excluding tert-OH is 1. The van der Waals surface area contributed by atoms with E-state index in [1.807, 2.05) is 12.1 Å². The molecular formula is C15H23NO4. The molecule has 0 bridgehead atoms. The van der Waals surface area contributed by atoms with Gasteiger partial charge in [0.15, 0.2) is 0 Å². The van der Waals surface area contributed by atoms with Crippen LogP contribution in [0.2, 0.25) is 0 Å². The lowest BCUT2D eigenvalue weighted by Crippen LogP contribution is -2.45. The molecule has 2 atom stereocenters. The van der Waals surface area contributed by atoms with Crippen molar-refractivity contribution < 1.29 is 19.3 Å². The zero-order chi connectivity index (χ0) is 14.5. The van der Waals surface area contributed by atoms with E-state index < -0.39 is 6.10 Å². The predicted molar refractivity (Wildman–Crippen MR) is 76.4 cm³/mol. The van der Waals surface area contributed by atoms with E-state index in [1.54, 1.807) is 20.3 Å². The van der Waals surface area contributed by atoms with E-state index in [1.165, 1.54) is 0 Å². The Bertz CT molecular complexity index is 438. The van der Waals surface area contributed by atoms with Gasteiger partial charge in [0, 0.05) is 30.8 Å². The number of benzene rings is 1.